The van der Waals surface area contributed by atoms with Gasteiger partial charge in [-0.1, -0.05) is 36.4 Å². The van der Waals surface area contributed by atoms with E-state index in [-0.39, 0.29) is 5.91 Å². The summed E-state index contributed by atoms with van der Waals surface area (Å²) >= 11 is 3.19. The molecule has 0 atom stereocenters. The molecule has 4 nitrogen and oxygen atoms in total. The minimum atomic E-state index is -0.0806. The molecule has 6 heteroatoms. The standard InChI is InChI=1S/C21H18N2O2S2/c1-15-22-19(20(27-15)16-7-3-2-4-8-16)21(24)23(13-17-9-5-11-25-17)14-18-10-6-12-26-18/h2-12H,13-14H2,1H3. The molecule has 0 radical (unpaired) electrons. The van der Waals surface area contributed by atoms with Gasteiger partial charge in [0.25, 0.3) is 5.91 Å². The fourth-order valence-electron chi connectivity index (χ4n) is 2.89. The van der Waals surface area contributed by atoms with Gasteiger partial charge < -0.3 is 9.32 Å². The van der Waals surface area contributed by atoms with Gasteiger partial charge in [-0.2, -0.15) is 0 Å². The fraction of sp³-hybridized carbons (Fsp3) is 0.143. The summed E-state index contributed by atoms with van der Waals surface area (Å²) < 4.78 is 5.48. The van der Waals surface area contributed by atoms with Crippen LogP contribution in [0.1, 0.15) is 26.1 Å². The first-order valence-electron chi connectivity index (χ1n) is 8.57. The number of furan rings is 1. The highest BCUT2D eigenvalue weighted by Gasteiger charge is 2.25. The monoisotopic (exact) mass is 394 g/mol. The Labute approximate surface area is 165 Å². The second kappa shape index (κ2) is 7.90. The summed E-state index contributed by atoms with van der Waals surface area (Å²) in [5.74, 6) is 0.677. The molecule has 0 saturated heterocycles. The van der Waals surface area contributed by atoms with Crippen molar-refractivity contribution < 1.29 is 9.21 Å². The number of nitrogens with zero attached hydrogens (tertiary/aromatic N) is 2. The molecule has 3 aromatic heterocycles. The molecule has 0 spiro atoms. The normalized spacial score (nSPS) is 10.9. The minimum Gasteiger partial charge on any atom is -0.467 e. The molecule has 0 aliphatic rings. The molecule has 4 aromatic rings. The second-order valence-electron chi connectivity index (χ2n) is 6.10. The van der Waals surface area contributed by atoms with Crippen LogP contribution in [0.3, 0.4) is 0 Å². The van der Waals surface area contributed by atoms with Gasteiger partial charge in [-0.05, 0) is 36.1 Å². The van der Waals surface area contributed by atoms with Crippen molar-refractivity contribution in [1.29, 1.82) is 0 Å². The van der Waals surface area contributed by atoms with Crippen LogP contribution in [-0.4, -0.2) is 15.8 Å². The van der Waals surface area contributed by atoms with E-state index in [9.17, 15) is 4.79 Å². The summed E-state index contributed by atoms with van der Waals surface area (Å²) in [6.45, 7) is 2.88. The lowest BCUT2D eigenvalue weighted by Gasteiger charge is -2.20. The molecule has 3 heterocycles. The van der Waals surface area contributed by atoms with Crippen LogP contribution in [0.5, 0.6) is 0 Å². The topological polar surface area (TPSA) is 46.3 Å². The Morgan fingerprint density at radius 3 is 2.63 bits per heavy atom. The van der Waals surface area contributed by atoms with E-state index in [1.807, 2.05) is 66.9 Å². The number of rotatable bonds is 6. The molecule has 27 heavy (non-hydrogen) atoms. The third-order valence-corrected chi connectivity index (χ3v) is 5.99. The molecule has 0 N–H and O–H groups in total. The number of aromatic nitrogens is 1. The van der Waals surface area contributed by atoms with Crippen molar-refractivity contribution in [2.45, 2.75) is 20.0 Å². The maximum atomic E-state index is 13.4. The molecule has 4 rings (SSSR count). The van der Waals surface area contributed by atoms with Crippen LogP contribution in [0.25, 0.3) is 10.4 Å². The summed E-state index contributed by atoms with van der Waals surface area (Å²) in [6.07, 6.45) is 1.63. The molecule has 0 bridgehead atoms. The average Bonchev–Trinajstić information content (AvgIpc) is 3.43. The first kappa shape index (κ1) is 17.7. The zero-order valence-corrected chi connectivity index (χ0v) is 16.4. The van der Waals surface area contributed by atoms with Gasteiger partial charge in [0, 0.05) is 4.88 Å². The molecule has 0 saturated carbocycles. The third-order valence-electron chi connectivity index (χ3n) is 4.11. The summed E-state index contributed by atoms with van der Waals surface area (Å²) in [4.78, 5) is 21.8. The maximum absolute atomic E-state index is 13.4. The lowest BCUT2D eigenvalue weighted by molar-refractivity contribution is 0.0715. The van der Waals surface area contributed by atoms with Gasteiger partial charge in [-0.25, -0.2) is 4.98 Å². The molecule has 0 aliphatic carbocycles. The number of hydrogen-bond acceptors (Lipinski definition) is 5. The average molecular weight is 395 g/mol. The van der Waals surface area contributed by atoms with Gasteiger partial charge in [-0.3, -0.25) is 4.79 Å². The van der Waals surface area contributed by atoms with E-state index >= 15 is 0 Å². The SMILES string of the molecule is Cc1nc(C(=O)N(Cc2ccco2)Cc2cccs2)c(-c2ccccc2)s1. The Bertz CT molecular complexity index is 970. The quantitative estimate of drug-likeness (QED) is 0.427. The Morgan fingerprint density at radius 1 is 1.07 bits per heavy atom. The second-order valence-corrected chi connectivity index (χ2v) is 8.33. The molecule has 0 unspecified atom stereocenters. The van der Waals surface area contributed by atoms with Crippen LogP contribution in [0, 0.1) is 6.92 Å². The van der Waals surface area contributed by atoms with Crippen LogP contribution in [0.4, 0.5) is 0 Å². The molecular weight excluding hydrogens is 376 g/mol. The van der Waals surface area contributed by atoms with E-state index < -0.39 is 0 Å². The molecule has 0 aliphatic heterocycles. The highest BCUT2D eigenvalue weighted by molar-refractivity contribution is 7.15. The number of aryl methyl sites for hydroxylation is 1. The van der Waals surface area contributed by atoms with Crippen molar-refractivity contribution in [2.75, 3.05) is 0 Å². The number of benzene rings is 1. The number of carbonyl (C=O) groups excluding carboxylic acids is 1. The van der Waals surface area contributed by atoms with Gasteiger partial charge in [0.2, 0.25) is 0 Å². The van der Waals surface area contributed by atoms with E-state index in [1.54, 1.807) is 33.8 Å². The summed E-state index contributed by atoms with van der Waals surface area (Å²) in [7, 11) is 0. The van der Waals surface area contributed by atoms with Gasteiger partial charge >= 0.3 is 0 Å². The Morgan fingerprint density at radius 2 is 1.93 bits per heavy atom. The predicted octanol–water partition coefficient (Wildman–Crippen LogP) is 5.62. The maximum Gasteiger partial charge on any atom is 0.274 e. The van der Waals surface area contributed by atoms with Crippen molar-refractivity contribution in [2.24, 2.45) is 0 Å². The Hall–Kier alpha value is -2.70. The highest BCUT2D eigenvalue weighted by Crippen LogP contribution is 2.31. The van der Waals surface area contributed by atoms with Gasteiger partial charge in [-0.15, -0.1) is 22.7 Å². The molecule has 0 fully saturated rings. The number of carbonyl (C=O) groups is 1. The van der Waals surface area contributed by atoms with Crippen LogP contribution >= 0.6 is 22.7 Å². The first-order chi connectivity index (χ1) is 13.2. The Kier molecular flexibility index (Phi) is 5.18. The third kappa shape index (κ3) is 4.02. The van der Waals surface area contributed by atoms with Crippen molar-refractivity contribution in [3.8, 4) is 10.4 Å². The Balaban J connectivity index is 1.69. The molecule has 1 aromatic carbocycles. The predicted molar refractivity (Wildman–Crippen MR) is 109 cm³/mol. The summed E-state index contributed by atoms with van der Waals surface area (Å²) in [6, 6.07) is 17.7. The van der Waals surface area contributed by atoms with Gasteiger partial charge in [0.15, 0.2) is 0 Å². The molecular formula is C21H18N2O2S2. The van der Waals surface area contributed by atoms with Crippen LogP contribution in [0.15, 0.2) is 70.7 Å². The lowest BCUT2D eigenvalue weighted by Crippen LogP contribution is -2.30. The van der Waals surface area contributed by atoms with E-state index in [0.29, 0.717) is 18.8 Å². The van der Waals surface area contributed by atoms with Crippen molar-refractivity contribution in [3.05, 3.63) is 87.6 Å². The van der Waals surface area contributed by atoms with E-state index in [2.05, 4.69) is 4.98 Å². The largest absolute Gasteiger partial charge is 0.467 e. The zero-order chi connectivity index (χ0) is 18.6. The van der Waals surface area contributed by atoms with Crippen molar-refractivity contribution >= 4 is 28.6 Å². The van der Waals surface area contributed by atoms with Crippen molar-refractivity contribution in [3.63, 3.8) is 0 Å². The van der Waals surface area contributed by atoms with Gasteiger partial charge in [0.1, 0.15) is 11.5 Å². The van der Waals surface area contributed by atoms with Crippen LogP contribution in [-0.2, 0) is 13.1 Å². The van der Waals surface area contributed by atoms with Crippen molar-refractivity contribution in [1.82, 2.24) is 9.88 Å². The summed E-state index contributed by atoms with van der Waals surface area (Å²) in [5.41, 5.74) is 1.52. The minimum absolute atomic E-state index is 0.0806. The number of amides is 1. The number of thiophene rings is 1. The first-order valence-corrected chi connectivity index (χ1v) is 10.3. The van der Waals surface area contributed by atoms with E-state index in [1.165, 1.54) is 0 Å². The van der Waals surface area contributed by atoms with Crippen LogP contribution in [0.2, 0.25) is 0 Å². The number of thiazole rings is 1. The highest BCUT2D eigenvalue weighted by atomic mass is 32.1. The van der Waals surface area contributed by atoms with E-state index in [0.717, 1.165) is 26.1 Å². The van der Waals surface area contributed by atoms with Gasteiger partial charge in [0.05, 0.1) is 29.2 Å². The fourth-order valence-corrected chi connectivity index (χ4v) is 4.52. The lowest BCUT2D eigenvalue weighted by atomic mass is 10.1. The zero-order valence-electron chi connectivity index (χ0n) is 14.8. The van der Waals surface area contributed by atoms with E-state index in [4.69, 9.17) is 4.42 Å². The van der Waals surface area contributed by atoms with Crippen LogP contribution < -0.4 is 0 Å². The number of hydrogen-bond donors (Lipinski definition) is 0. The molecule has 136 valence electrons. The summed E-state index contributed by atoms with van der Waals surface area (Å²) in [5, 5.41) is 2.90. The molecule has 1 amide bonds. The smallest absolute Gasteiger partial charge is 0.274 e.